The maximum Gasteiger partial charge on any atom is 0.254 e. The largest absolute Gasteiger partial charge is 0.333 e. The lowest BCUT2D eigenvalue weighted by Gasteiger charge is -2.35. The standard InChI is InChI=1S/C26H26ClF2N3O3S/c27-22-5-11-25(12-6-22)36(34,35)32-17-14-30(15-18-32)13-16-31(19-20-1-7-23(28)8-2-20)26(33)21-3-9-24(29)10-4-21/h1-12H,13-19H2. The van der Waals surface area contributed by atoms with Gasteiger partial charge >= 0.3 is 0 Å². The third-order valence-electron chi connectivity index (χ3n) is 6.13. The molecule has 0 saturated carbocycles. The highest BCUT2D eigenvalue weighted by Crippen LogP contribution is 2.20. The van der Waals surface area contributed by atoms with Crippen molar-refractivity contribution in [3.63, 3.8) is 0 Å². The Balaban J connectivity index is 1.39. The molecule has 0 radical (unpaired) electrons. The predicted octanol–water partition coefficient (Wildman–Crippen LogP) is 4.27. The van der Waals surface area contributed by atoms with Gasteiger partial charge in [-0.3, -0.25) is 9.69 Å². The maximum absolute atomic E-state index is 13.3. The molecule has 1 heterocycles. The zero-order valence-corrected chi connectivity index (χ0v) is 21.1. The highest BCUT2D eigenvalue weighted by molar-refractivity contribution is 7.89. The predicted molar refractivity (Wildman–Crippen MR) is 134 cm³/mol. The normalized spacial score (nSPS) is 15.1. The number of hydrogen-bond donors (Lipinski definition) is 0. The second-order valence-corrected chi connectivity index (χ2v) is 10.9. The highest BCUT2D eigenvalue weighted by Gasteiger charge is 2.29. The van der Waals surface area contributed by atoms with Crippen molar-refractivity contribution in [3.8, 4) is 0 Å². The lowest BCUT2D eigenvalue weighted by molar-refractivity contribution is 0.0710. The van der Waals surface area contributed by atoms with Gasteiger partial charge in [0, 0.05) is 56.4 Å². The van der Waals surface area contributed by atoms with Crippen LogP contribution in [0.1, 0.15) is 15.9 Å². The Morgan fingerprint density at radius 3 is 1.97 bits per heavy atom. The topological polar surface area (TPSA) is 60.9 Å². The van der Waals surface area contributed by atoms with Gasteiger partial charge in [0.05, 0.1) is 4.90 Å². The van der Waals surface area contributed by atoms with Crippen LogP contribution in [0, 0.1) is 11.6 Å². The summed E-state index contributed by atoms with van der Waals surface area (Å²) in [6, 6.07) is 17.4. The number of halogens is 3. The summed E-state index contributed by atoms with van der Waals surface area (Å²) < 4.78 is 54.0. The minimum Gasteiger partial charge on any atom is -0.333 e. The van der Waals surface area contributed by atoms with E-state index >= 15 is 0 Å². The van der Waals surface area contributed by atoms with Crippen molar-refractivity contribution in [1.82, 2.24) is 14.1 Å². The van der Waals surface area contributed by atoms with Gasteiger partial charge < -0.3 is 4.90 Å². The van der Waals surface area contributed by atoms with Crippen molar-refractivity contribution in [3.05, 3.63) is 101 Å². The number of carbonyl (C=O) groups excluding carboxylic acids is 1. The average Bonchev–Trinajstić information content (AvgIpc) is 2.88. The average molecular weight is 534 g/mol. The van der Waals surface area contributed by atoms with Gasteiger partial charge in [0.2, 0.25) is 10.0 Å². The molecule has 1 aliphatic heterocycles. The third-order valence-corrected chi connectivity index (χ3v) is 8.30. The van der Waals surface area contributed by atoms with Crippen LogP contribution in [0.3, 0.4) is 0 Å². The first-order chi connectivity index (χ1) is 17.2. The molecule has 0 bridgehead atoms. The monoisotopic (exact) mass is 533 g/mol. The van der Waals surface area contributed by atoms with Crippen LogP contribution >= 0.6 is 11.6 Å². The van der Waals surface area contributed by atoms with Crippen LogP contribution in [0.5, 0.6) is 0 Å². The van der Waals surface area contributed by atoms with Crippen LogP contribution in [-0.4, -0.2) is 67.7 Å². The van der Waals surface area contributed by atoms with E-state index in [-0.39, 0.29) is 23.2 Å². The fourth-order valence-corrected chi connectivity index (χ4v) is 5.60. The van der Waals surface area contributed by atoms with Crippen molar-refractivity contribution in [2.75, 3.05) is 39.3 Å². The molecule has 0 unspecified atom stereocenters. The molecule has 3 aromatic carbocycles. The van der Waals surface area contributed by atoms with Crippen LogP contribution in [-0.2, 0) is 16.6 Å². The van der Waals surface area contributed by atoms with E-state index in [2.05, 4.69) is 4.90 Å². The van der Waals surface area contributed by atoms with E-state index in [1.807, 2.05) is 0 Å². The van der Waals surface area contributed by atoms with Gasteiger partial charge in [0.15, 0.2) is 0 Å². The summed E-state index contributed by atoms with van der Waals surface area (Å²) >= 11 is 5.88. The lowest BCUT2D eigenvalue weighted by Crippen LogP contribution is -2.50. The molecule has 6 nitrogen and oxygen atoms in total. The molecule has 0 atom stereocenters. The summed E-state index contributed by atoms with van der Waals surface area (Å²) in [6.07, 6.45) is 0. The minimum absolute atomic E-state index is 0.204. The highest BCUT2D eigenvalue weighted by atomic mass is 35.5. The zero-order chi connectivity index (χ0) is 25.7. The first kappa shape index (κ1) is 26.2. The number of rotatable bonds is 8. The Morgan fingerprint density at radius 2 is 1.39 bits per heavy atom. The van der Waals surface area contributed by atoms with Crippen LogP contribution in [0.2, 0.25) is 5.02 Å². The molecule has 3 aromatic rings. The second-order valence-electron chi connectivity index (χ2n) is 8.56. The first-order valence-corrected chi connectivity index (χ1v) is 13.3. The summed E-state index contributed by atoms with van der Waals surface area (Å²) in [5.41, 5.74) is 1.13. The van der Waals surface area contributed by atoms with E-state index < -0.39 is 15.8 Å². The zero-order valence-electron chi connectivity index (χ0n) is 19.5. The lowest BCUT2D eigenvalue weighted by atomic mass is 10.1. The van der Waals surface area contributed by atoms with Crippen LogP contribution in [0.15, 0.2) is 77.7 Å². The molecule has 0 spiro atoms. The van der Waals surface area contributed by atoms with Gasteiger partial charge in [-0.15, -0.1) is 0 Å². The smallest absolute Gasteiger partial charge is 0.254 e. The number of hydrogen-bond acceptors (Lipinski definition) is 4. The molecule has 1 aliphatic rings. The van der Waals surface area contributed by atoms with Gasteiger partial charge in [-0.05, 0) is 66.2 Å². The quantitative estimate of drug-likeness (QED) is 0.434. The molecule has 190 valence electrons. The summed E-state index contributed by atoms with van der Waals surface area (Å²) in [5.74, 6) is -1.05. The van der Waals surface area contributed by atoms with Crippen LogP contribution in [0.25, 0.3) is 0 Å². The Bertz CT molecular complexity index is 1280. The number of benzene rings is 3. The molecule has 1 amide bonds. The van der Waals surface area contributed by atoms with Crippen molar-refractivity contribution in [1.29, 1.82) is 0 Å². The van der Waals surface area contributed by atoms with Gasteiger partial charge in [0.1, 0.15) is 11.6 Å². The van der Waals surface area contributed by atoms with Crippen molar-refractivity contribution < 1.29 is 22.0 Å². The minimum atomic E-state index is -3.61. The first-order valence-electron chi connectivity index (χ1n) is 11.5. The Morgan fingerprint density at radius 1 is 0.833 bits per heavy atom. The fourth-order valence-electron chi connectivity index (χ4n) is 4.05. The number of piperazine rings is 1. The second kappa shape index (κ2) is 11.5. The van der Waals surface area contributed by atoms with Crippen molar-refractivity contribution in [2.45, 2.75) is 11.4 Å². The number of amides is 1. The fraction of sp³-hybridized carbons (Fsp3) is 0.269. The van der Waals surface area contributed by atoms with Gasteiger partial charge in [-0.2, -0.15) is 4.31 Å². The molecule has 1 saturated heterocycles. The van der Waals surface area contributed by atoms with E-state index in [0.717, 1.165) is 5.56 Å². The molecule has 0 aromatic heterocycles. The Hall–Kier alpha value is -2.85. The van der Waals surface area contributed by atoms with Gasteiger partial charge in [-0.25, -0.2) is 17.2 Å². The van der Waals surface area contributed by atoms with Gasteiger partial charge in [-0.1, -0.05) is 23.7 Å². The molecular formula is C26H26ClF2N3O3S. The number of nitrogens with zero attached hydrogens (tertiary/aromatic N) is 3. The van der Waals surface area contributed by atoms with Crippen LogP contribution in [0.4, 0.5) is 8.78 Å². The number of carbonyl (C=O) groups is 1. The molecule has 1 fully saturated rings. The molecule has 4 rings (SSSR count). The van der Waals surface area contributed by atoms with Crippen molar-refractivity contribution in [2.24, 2.45) is 0 Å². The van der Waals surface area contributed by atoms with Gasteiger partial charge in [0.25, 0.3) is 5.91 Å². The summed E-state index contributed by atoms with van der Waals surface area (Å²) in [4.78, 5) is 17.1. The van der Waals surface area contributed by atoms with E-state index in [9.17, 15) is 22.0 Å². The summed E-state index contributed by atoms with van der Waals surface area (Å²) in [5, 5.41) is 0.471. The maximum atomic E-state index is 13.3. The molecule has 36 heavy (non-hydrogen) atoms. The third kappa shape index (κ3) is 6.47. The van der Waals surface area contributed by atoms with E-state index in [1.165, 1.54) is 52.8 Å². The van der Waals surface area contributed by atoms with E-state index in [1.54, 1.807) is 29.2 Å². The molecule has 0 N–H and O–H groups in total. The molecular weight excluding hydrogens is 508 g/mol. The molecule has 0 aliphatic carbocycles. The number of sulfonamides is 1. The van der Waals surface area contributed by atoms with Crippen molar-refractivity contribution >= 4 is 27.5 Å². The van der Waals surface area contributed by atoms with E-state index in [4.69, 9.17) is 11.6 Å². The Labute approximate surface area is 214 Å². The van der Waals surface area contributed by atoms with Crippen LogP contribution < -0.4 is 0 Å². The van der Waals surface area contributed by atoms with E-state index in [0.29, 0.717) is 49.9 Å². The summed E-state index contributed by atoms with van der Waals surface area (Å²) in [7, 11) is -3.61. The molecule has 10 heteroatoms. The Kier molecular flexibility index (Phi) is 8.35. The SMILES string of the molecule is O=C(c1ccc(F)cc1)N(CCN1CCN(S(=O)(=O)c2ccc(Cl)cc2)CC1)Cc1ccc(F)cc1. The summed E-state index contributed by atoms with van der Waals surface area (Å²) in [6.45, 7) is 2.86.